The maximum atomic E-state index is 13.1. The second-order valence-corrected chi connectivity index (χ2v) is 5.95. The van der Waals surface area contributed by atoms with E-state index in [1.807, 2.05) is 13.0 Å². The minimum atomic E-state index is -0.311. The van der Waals surface area contributed by atoms with Crippen molar-refractivity contribution in [3.63, 3.8) is 0 Å². The number of H-pyrrole nitrogens is 1. The normalized spacial score (nSPS) is 12.1. The highest BCUT2D eigenvalue weighted by Gasteiger charge is 2.19. The minimum Gasteiger partial charge on any atom is -0.339 e. The van der Waals surface area contributed by atoms with Crippen molar-refractivity contribution < 1.29 is 9.18 Å². The maximum absolute atomic E-state index is 13.1. The Labute approximate surface area is 144 Å². The van der Waals surface area contributed by atoms with E-state index in [1.165, 1.54) is 12.1 Å². The van der Waals surface area contributed by atoms with Crippen LogP contribution in [0, 0.1) is 5.82 Å². The average Bonchev–Trinajstić information content (AvgIpc) is 2.63. The second kappa shape index (κ2) is 6.84. The number of carbonyl (C=O) groups excluding carboxylic acids is 1. The molecule has 0 fully saturated rings. The molecule has 3 rings (SSSR count). The lowest BCUT2D eigenvalue weighted by atomic mass is 10.1. The van der Waals surface area contributed by atoms with Crippen LogP contribution < -0.4 is 5.56 Å². The SMILES string of the molecule is CC(c1ccc(F)cc1)N(C)C(=O)Cc1n[nH]c(=O)c2ccccc12. The van der Waals surface area contributed by atoms with Gasteiger partial charge in [0.2, 0.25) is 5.91 Å². The van der Waals surface area contributed by atoms with Gasteiger partial charge in [-0.3, -0.25) is 9.59 Å². The predicted octanol–water partition coefficient (Wildman–Crippen LogP) is 2.82. The molecule has 1 N–H and O–H groups in total. The summed E-state index contributed by atoms with van der Waals surface area (Å²) < 4.78 is 13.1. The molecule has 0 bridgehead atoms. The van der Waals surface area contributed by atoms with E-state index in [2.05, 4.69) is 10.2 Å². The second-order valence-electron chi connectivity index (χ2n) is 5.95. The fraction of sp³-hybridized carbons (Fsp3) is 0.211. The number of benzene rings is 2. The molecule has 1 unspecified atom stereocenters. The molecule has 2 aromatic carbocycles. The molecule has 1 heterocycles. The standard InChI is InChI=1S/C19H18FN3O2/c1-12(13-7-9-14(20)10-8-13)23(2)18(24)11-17-15-5-3-4-6-16(15)19(25)22-21-17/h3-10,12H,11H2,1-2H3,(H,22,25). The Morgan fingerprint density at radius 2 is 1.80 bits per heavy atom. The maximum Gasteiger partial charge on any atom is 0.272 e. The zero-order chi connectivity index (χ0) is 18.0. The molecule has 0 spiro atoms. The van der Waals surface area contributed by atoms with Gasteiger partial charge in [0.05, 0.1) is 23.5 Å². The fourth-order valence-corrected chi connectivity index (χ4v) is 2.76. The summed E-state index contributed by atoms with van der Waals surface area (Å²) in [4.78, 5) is 26.1. The van der Waals surface area contributed by atoms with E-state index in [-0.39, 0.29) is 29.7 Å². The zero-order valence-corrected chi connectivity index (χ0v) is 14.0. The third kappa shape index (κ3) is 3.42. The monoisotopic (exact) mass is 339 g/mol. The molecule has 5 nitrogen and oxygen atoms in total. The molecule has 1 amide bonds. The van der Waals surface area contributed by atoms with Gasteiger partial charge < -0.3 is 4.90 Å². The summed E-state index contributed by atoms with van der Waals surface area (Å²) in [7, 11) is 1.70. The van der Waals surface area contributed by atoms with Gasteiger partial charge in [0, 0.05) is 12.4 Å². The number of amides is 1. The first-order valence-corrected chi connectivity index (χ1v) is 7.95. The zero-order valence-electron chi connectivity index (χ0n) is 14.0. The van der Waals surface area contributed by atoms with Gasteiger partial charge in [0.25, 0.3) is 5.56 Å². The number of halogens is 1. The minimum absolute atomic E-state index is 0.0688. The quantitative estimate of drug-likeness (QED) is 0.795. The number of hydrogen-bond acceptors (Lipinski definition) is 3. The van der Waals surface area contributed by atoms with Crippen LogP contribution in [0.5, 0.6) is 0 Å². The van der Waals surface area contributed by atoms with Crippen LogP contribution in [0.2, 0.25) is 0 Å². The molecule has 0 radical (unpaired) electrons. The van der Waals surface area contributed by atoms with Gasteiger partial charge in [-0.15, -0.1) is 0 Å². The van der Waals surface area contributed by atoms with E-state index in [1.54, 1.807) is 42.3 Å². The molecular formula is C19H18FN3O2. The van der Waals surface area contributed by atoms with E-state index in [9.17, 15) is 14.0 Å². The van der Waals surface area contributed by atoms with Crippen molar-refractivity contribution in [3.05, 3.63) is 76.0 Å². The summed E-state index contributed by atoms with van der Waals surface area (Å²) >= 11 is 0. The fourth-order valence-electron chi connectivity index (χ4n) is 2.76. The van der Waals surface area contributed by atoms with Crippen molar-refractivity contribution in [2.75, 3.05) is 7.05 Å². The van der Waals surface area contributed by atoms with Crippen molar-refractivity contribution in [2.24, 2.45) is 0 Å². The molecule has 128 valence electrons. The van der Waals surface area contributed by atoms with Gasteiger partial charge in [-0.05, 0) is 30.7 Å². The van der Waals surface area contributed by atoms with Crippen LogP contribution in [0.3, 0.4) is 0 Å². The third-order valence-electron chi connectivity index (χ3n) is 4.42. The summed E-state index contributed by atoms with van der Waals surface area (Å²) in [5.41, 5.74) is 1.09. The van der Waals surface area contributed by atoms with E-state index >= 15 is 0 Å². The van der Waals surface area contributed by atoms with Gasteiger partial charge in [-0.25, -0.2) is 9.49 Å². The first-order valence-electron chi connectivity index (χ1n) is 7.95. The first-order chi connectivity index (χ1) is 12.0. The smallest absolute Gasteiger partial charge is 0.272 e. The Kier molecular flexibility index (Phi) is 4.61. The number of fused-ring (bicyclic) bond motifs is 1. The highest BCUT2D eigenvalue weighted by molar-refractivity contribution is 5.88. The van der Waals surface area contributed by atoms with Gasteiger partial charge in [-0.1, -0.05) is 30.3 Å². The van der Waals surface area contributed by atoms with Gasteiger partial charge in [0.1, 0.15) is 5.82 Å². The average molecular weight is 339 g/mol. The summed E-state index contributed by atoms with van der Waals surface area (Å²) in [6.07, 6.45) is 0.0688. The van der Waals surface area contributed by atoms with Crippen LogP contribution in [0.1, 0.15) is 24.2 Å². The van der Waals surface area contributed by atoms with E-state index in [4.69, 9.17) is 0 Å². The summed E-state index contributed by atoms with van der Waals surface area (Å²) in [5, 5.41) is 7.65. The van der Waals surface area contributed by atoms with Crippen LogP contribution in [-0.4, -0.2) is 28.1 Å². The largest absolute Gasteiger partial charge is 0.339 e. The van der Waals surface area contributed by atoms with E-state index in [0.717, 1.165) is 5.56 Å². The molecule has 0 aliphatic heterocycles. The molecule has 3 aromatic rings. The number of aromatic amines is 1. The van der Waals surface area contributed by atoms with Crippen LogP contribution in [0.25, 0.3) is 10.8 Å². The molecular weight excluding hydrogens is 321 g/mol. The van der Waals surface area contributed by atoms with Gasteiger partial charge in [-0.2, -0.15) is 5.10 Å². The highest BCUT2D eigenvalue weighted by Crippen LogP contribution is 2.21. The Bertz CT molecular complexity index is 966. The summed E-state index contributed by atoms with van der Waals surface area (Å²) in [6, 6.07) is 12.9. The lowest BCUT2D eigenvalue weighted by Gasteiger charge is -2.25. The topological polar surface area (TPSA) is 66.1 Å². The van der Waals surface area contributed by atoms with Gasteiger partial charge >= 0.3 is 0 Å². The van der Waals surface area contributed by atoms with Gasteiger partial charge in [0.15, 0.2) is 0 Å². The number of rotatable bonds is 4. The summed E-state index contributed by atoms with van der Waals surface area (Å²) in [6.45, 7) is 1.88. The molecule has 0 aliphatic carbocycles. The molecule has 1 aromatic heterocycles. The molecule has 0 aliphatic rings. The molecule has 6 heteroatoms. The lowest BCUT2D eigenvalue weighted by Crippen LogP contribution is -2.31. The number of hydrogen-bond donors (Lipinski definition) is 1. The number of carbonyl (C=O) groups is 1. The highest BCUT2D eigenvalue weighted by atomic mass is 19.1. The number of nitrogens with zero attached hydrogens (tertiary/aromatic N) is 2. The number of nitrogens with one attached hydrogen (secondary N) is 1. The molecule has 0 saturated carbocycles. The first kappa shape index (κ1) is 16.8. The van der Waals surface area contributed by atoms with Crippen LogP contribution in [-0.2, 0) is 11.2 Å². The Hall–Kier alpha value is -3.02. The van der Waals surface area contributed by atoms with E-state index in [0.29, 0.717) is 16.5 Å². The predicted molar refractivity (Wildman–Crippen MR) is 93.7 cm³/mol. The lowest BCUT2D eigenvalue weighted by molar-refractivity contribution is -0.131. The van der Waals surface area contributed by atoms with Crippen molar-refractivity contribution in [2.45, 2.75) is 19.4 Å². The third-order valence-corrected chi connectivity index (χ3v) is 4.42. The number of likely N-dealkylation sites (N-methyl/N-ethyl adjacent to an activating group) is 1. The van der Waals surface area contributed by atoms with Crippen molar-refractivity contribution in [3.8, 4) is 0 Å². The van der Waals surface area contributed by atoms with Crippen molar-refractivity contribution >= 4 is 16.7 Å². The van der Waals surface area contributed by atoms with Crippen LogP contribution >= 0.6 is 0 Å². The molecule has 0 saturated heterocycles. The Morgan fingerprint density at radius 1 is 1.16 bits per heavy atom. The summed E-state index contributed by atoms with van der Waals surface area (Å²) in [5.74, 6) is -0.449. The molecule has 25 heavy (non-hydrogen) atoms. The molecule has 1 atom stereocenters. The van der Waals surface area contributed by atoms with Crippen molar-refractivity contribution in [1.82, 2.24) is 15.1 Å². The Balaban J connectivity index is 1.83. The van der Waals surface area contributed by atoms with Crippen LogP contribution in [0.4, 0.5) is 4.39 Å². The Morgan fingerprint density at radius 3 is 2.48 bits per heavy atom. The van der Waals surface area contributed by atoms with E-state index < -0.39 is 0 Å². The van der Waals surface area contributed by atoms with Crippen LogP contribution in [0.15, 0.2) is 53.3 Å². The number of aromatic nitrogens is 2. The van der Waals surface area contributed by atoms with Crippen molar-refractivity contribution in [1.29, 1.82) is 0 Å².